The molecule has 1 aliphatic heterocycles. The molecule has 38 heavy (non-hydrogen) atoms. The van der Waals surface area contributed by atoms with Gasteiger partial charge in [0.1, 0.15) is 10.8 Å². The summed E-state index contributed by atoms with van der Waals surface area (Å²) in [6.07, 6.45) is 3.02. The zero-order valence-electron chi connectivity index (χ0n) is 21.3. The standard InChI is InChI=1S/C27H28Cl2N4O2S3/c1-26(2,3)38(34)32-21-17-8-5-4-7-16(17)15-27(21)11-13-33(14-12-27)24-30-22-23(36-24)31-25(37-22)35-19-10-6-9-18(28)20(19)29/h4-10,21,32H,11-15H2,1-3H3/t21-,38?/m1/s1. The van der Waals surface area contributed by atoms with Gasteiger partial charge in [-0.1, -0.05) is 76.2 Å². The number of nitrogens with one attached hydrogen (secondary N) is 1. The average Bonchev–Trinajstić information content (AvgIpc) is 3.53. The predicted octanol–water partition coefficient (Wildman–Crippen LogP) is 7.79. The fourth-order valence-corrected chi connectivity index (χ4v) is 8.54. The first-order valence-electron chi connectivity index (χ1n) is 12.5. The fraction of sp³-hybridized carbons (Fsp3) is 0.407. The van der Waals surface area contributed by atoms with Crippen LogP contribution in [0.5, 0.6) is 10.9 Å². The summed E-state index contributed by atoms with van der Waals surface area (Å²) < 4.78 is 22.3. The van der Waals surface area contributed by atoms with E-state index in [1.54, 1.807) is 29.5 Å². The third-order valence-electron chi connectivity index (χ3n) is 7.39. The van der Waals surface area contributed by atoms with Crippen molar-refractivity contribution in [1.29, 1.82) is 0 Å². The zero-order chi connectivity index (χ0) is 26.7. The molecule has 2 aliphatic rings. The topological polar surface area (TPSA) is 67.4 Å². The third-order valence-corrected chi connectivity index (χ3v) is 11.7. The van der Waals surface area contributed by atoms with Gasteiger partial charge < -0.3 is 9.64 Å². The molecule has 0 bridgehead atoms. The number of aromatic nitrogens is 2. The maximum Gasteiger partial charge on any atom is 0.282 e. The quantitative estimate of drug-likeness (QED) is 0.251. The van der Waals surface area contributed by atoms with Crippen molar-refractivity contribution in [2.45, 2.75) is 50.8 Å². The molecule has 200 valence electrons. The first kappa shape index (κ1) is 26.5. The Balaban J connectivity index is 1.18. The van der Waals surface area contributed by atoms with E-state index in [2.05, 4.69) is 38.9 Å². The van der Waals surface area contributed by atoms with Crippen LogP contribution in [0, 0.1) is 5.41 Å². The van der Waals surface area contributed by atoms with Gasteiger partial charge in [0, 0.05) is 13.1 Å². The number of benzene rings is 2. The van der Waals surface area contributed by atoms with Crippen LogP contribution in [0.4, 0.5) is 5.13 Å². The molecule has 6 nitrogen and oxygen atoms in total. The summed E-state index contributed by atoms with van der Waals surface area (Å²) in [6.45, 7) is 7.87. The van der Waals surface area contributed by atoms with E-state index in [9.17, 15) is 4.21 Å². The maximum atomic E-state index is 13.1. The maximum absolute atomic E-state index is 13.1. The summed E-state index contributed by atoms with van der Waals surface area (Å²) >= 11 is 15.4. The van der Waals surface area contributed by atoms with Gasteiger partial charge in [-0.3, -0.25) is 0 Å². The van der Waals surface area contributed by atoms with Crippen LogP contribution in [0.3, 0.4) is 0 Å². The van der Waals surface area contributed by atoms with E-state index in [1.165, 1.54) is 22.5 Å². The van der Waals surface area contributed by atoms with Crippen LogP contribution in [-0.2, 0) is 17.4 Å². The summed E-state index contributed by atoms with van der Waals surface area (Å²) in [5.41, 5.74) is 2.71. The fourth-order valence-electron chi connectivity index (χ4n) is 5.32. The van der Waals surface area contributed by atoms with E-state index in [0.29, 0.717) is 21.0 Å². The van der Waals surface area contributed by atoms with E-state index in [0.717, 1.165) is 47.1 Å². The Labute approximate surface area is 242 Å². The van der Waals surface area contributed by atoms with Gasteiger partial charge in [-0.15, -0.1) is 0 Å². The lowest BCUT2D eigenvalue weighted by atomic mass is 9.73. The van der Waals surface area contributed by atoms with Crippen molar-refractivity contribution in [1.82, 2.24) is 14.7 Å². The van der Waals surface area contributed by atoms with Crippen LogP contribution in [0.2, 0.25) is 10.0 Å². The van der Waals surface area contributed by atoms with Crippen LogP contribution in [0.25, 0.3) is 9.66 Å². The van der Waals surface area contributed by atoms with Gasteiger partial charge >= 0.3 is 0 Å². The normalized spacial score (nSPS) is 19.7. The molecule has 1 aliphatic carbocycles. The van der Waals surface area contributed by atoms with Gasteiger partial charge in [-0.2, -0.15) is 4.98 Å². The molecular formula is C27H28Cl2N4O2S3. The molecule has 4 aromatic rings. The second-order valence-electron chi connectivity index (χ2n) is 10.9. The first-order valence-corrected chi connectivity index (χ1v) is 16.1. The van der Waals surface area contributed by atoms with E-state index in [-0.39, 0.29) is 16.2 Å². The summed E-state index contributed by atoms with van der Waals surface area (Å²) in [6, 6.07) is 14.0. The minimum atomic E-state index is -1.14. The van der Waals surface area contributed by atoms with Crippen molar-refractivity contribution < 1.29 is 8.95 Å². The second-order valence-corrected chi connectivity index (χ2v) is 15.6. The van der Waals surface area contributed by atoms with E-state index in [1.807, 2.05) is 20.8 Å². The molecule has 11 heteroatoms. The molecule has 2 aromatic carbocycles. The first-order chi connectivity index (χ1) is 18.1. The number of nitrogens with zero attached hydrogens (tertiary/aromatic N) is 3. The molecule has 2 atom stereocenters. The number of ether oxygens (including phenoxy) is 1. The Kier molecular flexibility index (Phi) is 6.98. The Morgan fingerprint density at radius 2 is 1.79 bits per heavy atom. The van der Waals surface area contributed by atoms with Crippen molar-refractivity contribution in [3.8, 4) is 10.9 Å². The molecule has 2 aromatic heterocycles. The van der Waals surface area contributed by atoms with Gasteiger partial charge in [-0.05, 0) is 68.7 Å². The van der Waals surface area contributed by atoms with Crippen molar-refractivity contribution in [3.63, 3.8) is 0 Å². The number of anilines is 1. The Hall–Kier alpha value is -1.75. The molecule has 6 rings (SSSR count). The second kappa shape index (κ2) is 10.0. The van der Waals surface area contributed by atoms with Crippen molar-refractivity contribution in [3.05, 3.63) is 63.6 Å². The van der Waals surface area contributed by atoms with Gasteiger partial charge in [-0.25, -0.2) is 13.9 Å². The number of halogens is 2. The molecule has 0 amide bonds. The van der Waals surface area contributed by atoms with Crippen LogP contribution in [-0.4, -0.2) is 32.0 Å². The third kappa shape index (κ3) is 4.86. The minimum absolute atomic E-state index is 0.0468. The summed E-state index contributed by atoms with van der Waals surface area (Å²) in [5.74, 6) is 0.482. The van der Waals surface area contributed by atoms with Crippen LogP contribution in [0.1, 0.15) is 50.8 Å². The minimum Gasteiger partial charge on any atom is -0.429 e. The number of hydrogen-bond donors (Lipinski definition) is 1. The monoisotopic (exact) mass is 606 g/mol. The van der Waals surface area contributed by atoms with E-state index < -0.39 is 11.0 Å². The lowest BCUT2D eigenvalue weighted by molar-refractivity contribution is 0.177. The number of piperidine rings is 1. The van der Waals surface area contributed by atoms with Crippen molar-refractivity contribution in [2.24, 2.45) is 5.41 Å². The molecule has 1 N–H and O–H groups in total. The summed E-state index contributed by atoms with van der Waals surface area (Å²) in [5, 5.41) is 2.30. The highest BCUT2D eigenvalue weighted by Gasteiger charge is 2.49. The molecule has 1 fully saturated rings. The van der Waals surface area contributed by atoms with Crippen LogP contribution in [0.15, 0.2) is 42.5 Å². The number of thiazole rings is 2. The molecule has 1 unspecified atom stereocenters. The molecule has 3 heterocycles. The van der Waals surface area contributed by atoms with Gasteiger partial charge in [0.25, 0.3) is 5.19 Å². The highest BCUT2D eigenvalue weighted by molar-refractivity contribution is 7.84. The SMILES string of the molecule is CC(C)(C)S(=O)N[C@@H]1c2ccccc2CC12CCN(c1nc3sc(Oc4cccc(Cl)c4Cl)nc3s1)CC2. The van der Waals surface area contributed by atoms with Crippen LogP contribution < -0.4 is 14.4 Å². The number of fused-ring (bicyclic) bond motifs is 2. The smallest absolute Gasteiger partial charge is 0.282 e. The van der Waals surface area contributed by atoms with Crippen molar-refractivity contribution in [2.75, 3.05) is 18.0 Å². The molecule has 0 saturated carbocycles. The molecule has 1 spiro atoms. The lowest BCUT2D eigenvalue weighted by Crippen LogP contribution is -2.47. The average molecular weight is 608 g/mol. The summed E-state index contributed by atoms with van der Waals surface area (Å²) in [7, 11) is -1.14. The van der Waals surface area contributed by atoms with Crippen LogP contribution >= 0.6 is 45.9 Å². The van der Waals surface area contributed by atoms with Gasteiger partial charge in [0.2, 0.25) is 0 Å². The molecule has 0 radical (unpaired) electrons. The Morgan fingerprint density at radius 1 is 1.05 bits per heavy atom. The lowest BCUT2D eigenvalue weighted by Gasteiger charge is -2.44. The highest BCUT2D eigenvalue weighted by atomic mass is 35.5. The summed E-state index contributed by atoms with van der Waals surface area (Å²) in [4.78, 5) is 13.6. The van der Waals surface area contributed by atoms with E-state index >= 15 is 0 Å². The number of hydrogen-bond acceptors (Lipinski definition) is 7. The predicted molar refractivity (Wildman–Crippen MR) is 160 cm³/mol. The highest BCUT2D eigenvalue weighted by Crippen LogP contribution is 2.53. The molecular weight excluding hydrogens is 579 g/mol. The molecule has 1 saturated heterocycles. The van der Waals surface area contributed by atoms with Gasteiger partial charge in [0.15, 0.2) is 14.8 Å². The number of rotatable bonds is 5. The van der Waals surface area contributed by atoms with E-state index in [4.69, 9.17) is 32.9 Å². The van der Waals surface area contributed by atoms with Crippen molar-refractivity contribution >= 4 is 71.7 Å². The Bertz CT molecular complexity index is 1490. The largest absolute Gasteiger partial charge is 0.429 e. The van der Waals surface area contributed by atoms with Gasteiger partial charge in [0.05, 0.1) is 26.8 Å². The zero-order valence-corrected chi connectivity index (χ0v) is 25.3. The Morgan fingerprint density at radius 3 is 2.53 bits per heavy atom.